The number of nitrogens with one attached hydrogen (secondary N) is 1. The molecule has 0 aliphatic heterocycles. The zero-order chi connectivity index (χ0) is 14.2. The lowest BCUT2D eigenvalue weighted by Gasteiger charge is -2.12. The molecular formula is C10H7BrF3N3OS. The Morgan fingerprint density at radius 1 is 1.42 bits per heavy atom. The highest BCUT2D eigenvalue weighted by atomic mass is 79.9. The van der Waals surface area contributed by atoms with Gasteiger partial charge in [-0.2, -0.15) is 18.3 Å². The molecule has 0 radical (unpaired) electrons. The van der Waals surface area contributed by atoms with Gasteiger partial charge in [0.1, 0.15) is 6.61 Å². The van der Waals surface area contributed by atoms with E-state index in [1.54, 1.807) is 0 Å². The number of alkyl halides is 3. The highest BCUT2D eigenvalue weighted by molar-refractivity contribution is 9.10. The Bertz CT molecular complexity index is 665. The lowest BCUT2D eigenvalue weighted by Crippen LogP contribution is -2.08. The van der Waals surface area contributed by atoms with Gasteiger partial charge in [-0.25, -0.2) is 0 Å². The summed E-state index contributed by atoms with van der Waals surface area (Å²) < 4.78 is 39.9. The molecule has 0 fully saturated rings. The van der Waals surface area contributed by atoms with Gasteiger partial charge in [0.15, 0.2) is 10.6 Å². The molecular weight excluding hydrogens is 347 g/mol. The molecule has 1 aromatic carbocycles. The first-order chi connectivity index (χ1) is 8.84. The van der Waals surface area contributed by atoms with Gasteiger partial charge < -0.3 is 5.11 Å². The van der Waals surface area contributed by atoms with Gasteiger partial charge in [0.25, 0.3) is 0 Å². The topological polar surface area (TPSA) is 53.8 Å². The normalized spacial score (nSPS) is 11.8. The lowest BCUT2D eigenvalue weighted by molar-refractivity contribution is -0.137. The number of aromatic amines is 1. The summed E-state index contributed by atoms with van der Waals surface area (Å²) in [5.41, 5.74) is -0.643. The first kappa shape index (κ1) is 14.2. The Balaban J connectivity index is 2.68. The van der Waals surface area contributed by atoms with Gasteiger partial charge in [-0.05, 0) is 46.3 Å². The molecule has 0 amide bonds. The molecule has 102 valence electrons. The Morgan fingerprint density at radius 2 is 2.11 bits per heavy atom. The number of hydrogen-bond donors (Lipinski definition) is 2. The van der Waals surface area contributed by atoms with Crippen molar-refractivity contribution < 1.29 is 18.3 Å². The van der Waals surface area contributed by atoms with E-state index in [4.69, 9.17) is 17.3 Å². The number of aliphatic hydroxyl groups is 1. The van der Waals surface area contributed by atoms with E-state index in [0.717, 1.165) is 12.1 Å². The van der Waals surface area contributed by atoms with Crippen molar-refractivity contribution in [2.45, 2.75) is 12.8 Å². The molecule has 2 aromatic rings. The van der Waals surface area contributed by atoms with Crippen LogP contribution in [0, 0.1) is 4.77 Å². The van der Waals surface area contributed by atoms with Crippen molar-refractivity contribution in [3.8, 4) is 5.69 Å². The van der Waals surface area contributed by atoms with E-state index >= 15 is 0 Å². The van der Waals surface area contributed by atoms with E-state index in [0.29, 0.717) is 4.47 Å². The summed E-state index contributed by atoms with van der Waals surface area (Å²) in [6.45, 7) is -0.449. The van der Waals surface area contributed by atoms with Gasteiger partial charge in [0.2, 0.25) is 0 Å². The SMILES string of the molecule is OCc1n[nH]c(=S)n1-c1cc(C(F)(F)F)ccc1Br. The number of H-pyrrole nitrogens is 1. The molecule has 0 unspecified atom stereocenters. The molecule has 1 aromatic heterocycles. The van der Waals surface area contributed by atoms with Gasteiger partial charge >= 0.3 is 6.18 Å². The molecule has 0 aliphatic rings. The molecule has 0 bridgehead atoms. The van der Waals surface area contributed by atoms with Gasteiger partial charge in [-0.1, -0.05) is 0 Å². The first-order valence-corrected chi connectivity index (χ1v) is 6.19. The first-order valence-electron chi connectivity index (χ1n) is 4.99. The number of nitrogens with zero attached hydrogens (tertiary/aromatic N) is 2. The van der Waals surface area contributed by atoms with Crippen molar-refractivity contribution in [1.29, 1.82) is 0 Å². The minimum absolute atomic E-state index is 0.101. The molecule has 0 atom stereocenters. The Kier molecular flexibility index (Phi) is 3.79. The van der Waals surface area contributed by atoms with Crippen LogP contribution in [0.1, 0.15) is 11.4 Å². The van der Waals surface area contributed by atoms with Gasteiger partial charge in [0, 0.05) is 4.47 Å². The summed E-state index contributed by atoms with van der Waals surface area (Å²) in [4.78, 5) is 0. The molecule has 2 N–H and O–H groups in total. The fraction of sp³-hybridized carbons (Fsp3) is 0.200. The van der Waals surface area contributed by atoms with E-state index in [1.165, 1.54) is 10.6 Å². The van der Waals surface area contributed by atoms with E-state index in [9.17, 15) is 13.2 Å². The molecule has 19 heavy (non-hydrogen) atoms. The van der Waals surface area contributed by atoms with Crippen molar-refractivity contribution in [2.24, 2.45) is 0 Å². The molecule has 0 saturated heterocycles. The summed E-state index contributed by atoms with van der Waals surface area (Å²) >= 11 is 8.11. The Morgan fingerprint density at radius 3 is 2.68 bits per heavy atom. The second-order valence-electron chi connectivity index (χ2n) is 3.60. The van der Waals surface area contributed by atoms with Crippen LogP contribution < -0.4 is 0 Å². The van der Waals surface area contributed by atoms with Crippen LogP contribution in [-0.4, -0.2) is 19.9 Å². The van der Waals surface area contributed by atoms with Gasteiger partial charge in [-0.15, -0.1) is 0 Å². The van der Waals surface area contributed by atoms with Gasteiger partial charge in [-0.3, -0.25) is 9.67 Å². The van der Waals surface area contributed by atoms with Crippen LogP contribution in [0.15, 0.2) is 22.7 Å². The van der Waals surface area contributed by atoms with E-state index < -0.39 is 18.3 Å². The molecule has 4 nitrogen and oxygen atoms in total. The average molecular weight is 354 g/mol. The van der Waals surface area contributed by atoms with Crippen LogP contribution in [0.5, 0.6) is 0 Å². The highest BCUT2D eigenvalue weighted by Crippen LogP contribution is 2.33. The van der Waals surface area contributed by atoms with Crippen LogP contribution in [0.2, 0.25) is 0 Å². The smallest absolute Gasteiger partial charge is 0.388 e. The highest BCUT2D eigenvalue weighted by Gasteiger charge is 2.31. The third-order valence-electron chi connectivity index (χ3n) is 2.40. The maximum atomic E-state index is 12.7. The zero-order valence-corrected chi connectivity index (χ0v) is 11.6. The van der Waals surface area contributed by atoms with Crippen LogP contribution >= 0.6 is 28.1 Å². The molecule has 0 spiro atoms. The predicted octanol–water partition coefficient (Wildman–Crippen LogP) is 3.20. The van der Waals surface area contributed by atoms with E-state index in [-0.39, 0.29) is 16.3 Å². The predicted molar refractivity (Wildman–Crippen MR) is 67.4 cm³/mol. The second kappa shape index (κ2) is 5.06. The van der Waals surface area contributed by atoms with E-state index in [2.05, 4.69) is 26.1 Å². The summed E-state index contributed by atoms with van der Waals surface area (Å²) in [7, 11) is 0. The van der Waals surface area contributed by atoms with Crippen LogP contribution in [0.3, 0.4) is 0 Å². The fourth-order valence-electron chi connectivity index (χ4n) is 1.54. The minimum atomic E-state index is -4.46. The number of rotatable bonds is 2. The Labute approximate surface area is 119 Å². The largest absolute Gasteiger partial charge is 0.416 e. The third kappa shape index (κ3) is 2.72. The third-order valence-corrected chi connectivity index (χ3v) is 3.34. The number of hydrogen-bond acceptors (Lipinski definition) is 3. The maximum absolute atomic E-state index is 12.7. The molecule has 0 saturated carbocycles. The van der Waals surface area contributed by atoms with Crippen LogP contribution in [0.4, 0.5) is 13.2 Å². The second-order valence-corrected chi connectivity index (χ2v) is 4.84. The summed E-state index contributed by atoms with van der Waals surface area (Å²) in [5.74, 6) is 0.130. The fourth-order valence-corrected chi connectivity index (χ4v) is 2.22. The number of halogens is 4. The lowest BCUT2D eigenvalue weighted by atomic mass is 10.2. The Hall–Kier alpha value is -1.19. The maximum Gasteiger partial charge on any atom is 0.416 e. The van der Waals surface area contributed by atoms with Crippen molar-refractivity contribution in [3.63, 3.8) is 0 Å². The molecule has 1 heterocycles. The number of aliphatic hydroxyl groups excluding tert-OH is 1. The summed E-state index contributed by atoms with van der Waals surface area (Å²) in [6.07, 6.45) is -4.46. The monoisotopic (exact) mass is 353 g/mol. The van der Waals surface area contributed by atoms with Crippen LogP contribution in [-0.2, 0) is 12.8 Å². The molecule has 9 heteroatoms. The summed E-state index contributed by atoms with van der Waals surface area (Å²) in [5, 5.41) is 15.3. The van der Waals surface area contributed by atoms with Crippen molar-refractivity contribution in [3.05, 3.63) is 38.8 Å². The quantitative estimate of drug-likeness (QED) is 0.815. The van der Waals surface area contributed by atoms with E-state index in [1.807, 2.05) is 0 Å². The van der Waals surface area contributed by atoms with Crippen molar-refractivity contribution in [1.82, 2.24) is 14.8 Å². The van der Waals surface area contributed by atoms with Crippen molar-refractivity contribution in [2.75, 3.05) is 0 Å². The number of aromatic nitrogens is 3. The number of benzene rings is 1. The molecule has 0 aliphatic carbocycles. The standard InChI is InChI=1S/C10H7BrF3N3OS/c11-6-2-1-5(10(12,13)14)3-7(6)17-8(4-18)15-16-9(17)19/h1-3,18H,4H2,(H,16,19). The van der Waals surface area contributed by atoms with Gasteiger partial charge in [0.05, 0.1) is 11.3 Å². The minimum Gasteiger partial charge on any atom is -0.388 e. The zero-order valence-electron chi connectivity index (χ0n) is 9.20. The van der Waals surface area contributed by atoms with Crippen molar-refractivity contribution >= 4 is 28.1 Å². The van der Waals surface area contributed by atoms with Crippen LogP contribution in [0.25, 0.3) is 5.69 Å². The molecule has 2 rings (SSSR count). The average Bonchev–Trinajstić information content (AvgIpc) is 2.69. The summed E-state index contributed by atoms with van der Waals surface area (Å²) in [6, 6.07) is 3.17.